The number of aryl methyl sites for hydroxylation is 5. The number of halogens is 1. The lowest BCUT2D eigenvalue weighted by molar-refractivity contribution is 0.628. The zero-order chi connectivity index (χ0) is 14.8. The van der Waals surface area contributed by atoms with Crippen molar-refractivity contribution in [2.24, 2.45) is 7.05 Å². The molecule has 0 aliphatic heterocycles. The van der Waals surface area contributed by atoms with E-state index in [2.05, 4.69) is 40.9 Å². The van der Waals surface area contributed by atoms with Crippen molar-refractivity contribution in [3.8, 4) is 0 Å². The topological polar surface area (TPSA) is 35.6 Å². The molecule has 0 fully saturated rings. The second kappa shape index (κ2) is 5.90. The van der Waals surface area contributed by atoms with Crippen LogP contribution in [-0.2, 0) is 26.4 Å². The van der Waals surface area contributed by atoms with E-state index in [0.29, 0.717) is 5.88 Å². The molecular formula is C16H19ClN4. The van der Waals surface area contributed by atoms with E-state index in [0.717, 1.165) is 30.7 Å². The van der Waals surface area contributed by atoms with Gasteiger partial charge in [0.25, 0.3) is 0 Å². The van der Waals surface area contributed by atoms with Crippen LogP contribution in [0, 0.1) is 6.92 Å². The summed E-state index contributed by atoms with van der Waals surface area (Å²) in [6.07, 6.45) is 3.57. The van der Waals surface area contributed by atoms with Gasteiger partial charge in [-0.1, -0.05) is 6.07 Å². The van der Waals surface area contributed by atoms with E-state index < -0.39 is 0 Å². The molecule has 0 unspecified atom stereocenters. The van der Waals surface area contributed by atoms with Crippen LogP contribution in [0.5, 0.6) is 0 Å². The highest BCUT2D eigenvalue weighted by Crippen LogP contribution is 2.19. The summed E-state index contributed by atoms with van der Waals surface area (Å²) < 4.78 is 4.20. The molecule has 0 bridgehead atoms. The minimum Gasteiger partial charge on any atom is -0.328 e. The Bertz CT molecular complexity index is 757. The van der Waals surface area contributed by atoms with Gasteiger partial charge in [-0.25, -0.2) is 4.98 Å². The monoisotopic (exact) mass is 302 g/mol. The van der Waals surface area contributed by atoms with Gasteiger partial charge in [-0.2, -0.15) is 5.10 Å². The summed E-state index contributed by atoms with van der Waals surface area (Å²) in [5.74, 6) is 1.65. The van der Waals surface area contributed by atoms with Crippen LogP contribution in [0.3, 0.4) is 0 Å². The molecule has 5 heteroatoms. The Morgan fingerprint density at radius 2 is 2.05 bits per heavy atom. The molecule has 0 aliphatic carbocycles. The maximum atomic E-state index is 5.92. The average Bonchev–Trinajstić information content (AvgIpc) is 3.00. The first-order valence-corrected chi connectivity index (χ1v) is 7.71. The Morgan fingerprint density at radius 3 is 2.76 bits per heavy atom. The Balaban J connectivity index is 1.95. The largest absolute Gasteiger partial charge is 0.328 e. The van der Waals surface area contributed by atoms with Crippen LogP contribution in [0.1, 0.15) is 17.1 Å². The summed E-state index contributed by atoms with van der Waals surface area (Å²) in [4.78, 5) is 4.74. The minimum atomic E-state index is 0.591. The van der Waals surface area contributed by atoms with Crippen molar-refractivity contribution in [3.05, 3.63) is 47.5 Å². The number of benzene rings is 1. The Morgan fingerprint density at radius 1 is 1.19 bits per heavy atom. The summed E-state index contributed by atoms with van der Waals surface area (Å²) in [6, 6.07) is 8.48. The first-order valence-electron chi connectivity index (χ1n) is 7.17. The Hall–Kier alpha value is -1.81. The molecule has 0 spiro atoms. The predicted octanol–water partition coefficient (Wildman–Crippen LogP) is 3.10. The highest BCUT2D eigenvalue weighted by atomic mass is 35.5. The zero-order valence-corrected chi connectivity index (χ0v) is 13.1. The van der Waals surface area contributed by atoms with Gasteiger partial charge in [-0.15, -0.1) is 11.6 Å². The van der Waals surface area contributed by atoms with Crippen LogP contribution >= 0.6 is 11.6 Å². The number of hydrogen-bond donors (Lipinski definition) is 0. The van der Waals surface area contributed by atoms with Crippen molar-refractivity contribution in [3.63, 3.8) is 0 Å². The molecule has 0 amide bonds. The molecule has 0 N–H and O–H groups in total. The number of nitrogens with zero attached hydrogens (tertiary/aromatic N) is 4. The van der Waals surface area contributed by atoms with Gasteiger partial charge in [0.1, 0.15) is 5.82 Å². The van der Waals surface area contributed by atoms with E-state index in [9.17, 15) is 0 Å². The van der Waals surface area contributed by atoms with Gasteiger partial charge in [0.05, 0.1) is 11.0 Å². The molecule has 0 saturated heterocycles. The summed E-state index contributed by atoms with van der Waals surface area (Å²) in [6.45, 7) is 2.99. The van der Waals surface area contributed by atoms with Crippen molar-refractivity contribution in [2.45, 2.75) is 26.3 Å². The van der Waals surface area contributed by atoms with Crippen LogP contribution in [0.2, 0.25) is 0 Å². The van der Waals surface area contributed by atoms with Crippen LogP contribution in [0.4, 0.5) is 0 Å². The van der Waals surface area contributed by atoms with Crippen molar-refractivity contribution in [1.29, 1.82) is 0 Å². The van der Waals surface area contributed by atoms with Gasteiger partial charge in [-0.05, 0) is 30.7 Å². The average molecular weight is 303 g/mol. The summed E-state index contributed by atoms with van der Waals surface area (Å²) in [7, 11) is 1.98. The number of rotatable bonds is 5. The van der Waals surface area contributed by atoms with Crippen LogP contribution in [0.15, 0.2) is 30.5 Å². The van der Waals surface area contributed by atoms with E-state index in [1.54, 1.807) is 0 Å². The smallest absolute Gasteiger partial charge is 0.111 e. The third-order valence-corrected chi connectivity index (χ3v) is 4.00. The molecule has 21 heavy (non-hydrogen) atoms. The van der Waals surface area contributed by atoms with E-state index in [1.807, 2.05) is 17.9 Å². The lowest BCUT2D eigenvalue weighted by Gasteiger charge is -2.09. The molecule has 0 saturated carbocycles. The normalized spacial score (nSPS) is 11.4. The SMILES string of the molecule is Cc1ccc2c(c1)nc(CCCl)n2CCc1ccnn1C. The van der Waals surface area contributed by atoms with E-state index in [-0.39, 0.29) is 0 Å². The van der Waals surface area contributed by atoms with Gasteiger partial charge in [0, 0.05) is 44.2 Å². The van der Waals surface area contributed by atoms with Crippen LogP contribution < -0.4 is 0 Å². The van der Waals surface area contributed by atoms with Crippen molar-refractivity contribution in [2.75, 3.05) is 5.88 Å². The molecule has 2 heterocycles. The summed E-state index contributed by atoms with van der Waals surface area (Å²) in [5, 5.41) is 4.22. The van der Waals surface area contributed by atoms with Crippen LogP contribution in [0.25, 0.3) is 11.0 Å². The highest BCUT2D eigenvalue weighted by molar-refractivity contribution is 6.17. The predicted molar refractivity (Wildman–Crippen MR) is 85.8 cm³/mol. The van der Waals surface area contributed by atoms with E-state index >= 15 is 0 Å². The quantitative estimate of drug-likeness (QED) is 0.679. The zero-order valence-electron chi connectivity index (χ0n) is 12.4. The molecule has 3 rings (SSSR count). The molecule has 0 aliphatic rings. The second-order valence-electron chi connectivity index (χ2n) is 5.31. The maximum Gasteiger partial charge on any atom is 0.111 e. The molecule has 1 aromatic carbocycles. The third-order valence-electron chi connectivity index (χ3n) is 3.81. The first-order chi connectivity index (χ1) is 10.2. The van der Waals surface area contributed by atoms with E-state index in [4.69, 9.17) is 16.6 Å². The van der Waals surface area contributed by atoms with Crippen LogP contribution in [-0.4, -0.2) is 25.2 Å². The lowest BCUT2D eigenvalue weighted by atomic mass is 10.2. The fourth-order valence-corrected chi connectivity index (χ4v) is 2.86. The fourth-order valence-electron chi connectivity index (χ4n) is 2.69. The fraction of sp³-hybridized carbons (Fsp3) is 0.375. The highest BCUT2D eigenvalue weighted by Gasteiger charge is 2.11. The molecule has 0 atom stereocenters. The molecule has 2 aromatic heterocycles. The Kier molecular flexibility index (Phi) is 3.97. The van der Waals surface area contributed by atoms with E-state index in [1.165, 1.54) is 16.8 Å². The lowest BCUT2D eigenvalue weighted by Crippen LogP contribution is -2.09. The molecule has 0 radical (unpaired) electrons. The number of imidazole rings is 1. The van der Waals surface area contributed by atoms with Gasteiger partial charge >= 0.3 is 0 Å². The van der Waals surface area contributed by atoms with Crippen molar-refractivity contribution >= 4 is 22.6 Å². The molecule has 4 nitrogen and oxygen atoms in total. The molecular weight excluding hydrogens is 284 g/mol. The molecule has 3 aromatic rings. The number of hydrogen-bond acceptors (Lipinski definition) is 2. The number of aromatic nitrogens is 4. The number of alkyl halides is 1. The van der Waals surface area contributed by atoms with Gasteiger partial charge in [0.2, 0.25) is 0 Å². The Labute approximate surface area is 129 Å². The first kappa shape index (κ1) is 14.1. The standard InChI is InChI=1S/C16H19ClN4/c1-12-3-4-15-14(11-12)19-16(5-8-17)21(15)10-7-13-6-9-18-20(13)2/h3-4,6,9,11H,5,7-8,10H2,1-2H3. The summed E-state index contributed by atoms with van der Waals surface area (Å²) >= 11 is 5.92. The molecule has 110 valence electrons. The summed E-state index contributed by atoms with van der Waals surface area (Å²) in [5.41, 5.74) is 4.69. The van der Waals surface area contributed by atoms with Gasteiger partial charge in [0.15, 0.2) is 0 Å². The maximum absolute atomic E-state index is 5.92. The van der Waals surface area contributed by atoms with Crippen molar-refractivity contribution < 1.29 is 0 Å². The van der Waals surface area contributed by atoms with Gasteiger partial charge < -0.3 is 4.57 Å². The second-order valence-corrected chi connectivity index (χ2v) is 5.68. The minimum absolute atomic E-state index is 0.591. The third kappa shape index (κ3) is 2.81. The van der Waals surface area contributed by atoms with Gasteiger partial charge in [-0.3, -0.25) is 4.68 Å². The number of fused-ring (bicyclic) bond motifs is 1. The van der Waals surface area contributed by atoms with Crippen molar-refractivity contribution in [1.82, 2.24) is 19.3 Å².